The van der Waals surface area contributed by atoms with Crippen molar-refractivity contribution in [3.63, 3.8) is 0 Å². The molecule has 1 aromatic heterocycles. The van der Waals surface area contributed by atoms with E-state index in [1.165, 1.54) is 50.3 Å². The minimum absolute atomic E-state index is 0.456. The summed E-state index contributed by atoms with van der Waals surface area (Å²) in [5, 5.41) is 0. The lowest BCUT2D eigenvalue weighted by molar-refractivity contribution is 0.0979. The molecule has 0 aliphatic carbocycles. The normalized spacial score (nSPS) is 23.6. The fraction of sp³-hybridized carbons (Fsp3) is 0.824. The van der Waals surface area contributed by atoms with Crippen molar-refractivity contribution in [1.82, 2.24) is 19.4 Å². The van der Waals surface area contributed by atoms with Crippen LogP contribution in [0.1, 0.15) is 43.5 Å². The minimum Gasteiger partial charge on any atom is -0.381 e. The molecule has 3 heterocycles. The smallest absolute Gasteiger partial charge is 0.0949 e. The molecule has 0 bridgehead atoms. The van der Waals surface area contributed by atoms with Crippen LogP contribution in [0.3, 0.4) is 0 Å². The monoisotopic (exact) mass is 306 g/mol. The number of likely N-dealkylation sites (tertiary alicyclic amines) is 1. The first-order valence-corrected chi connectivity index (χ1v) is 8.80. The van der Waals surface area contributed by atoms with E-state index in [2.05, 4.69) is 33.3 Å². The van der Waals surface area contributed by atoms with Crippen LogP contribution in [-0.4, -0.2) is 65.3 Å². The lowest BCUT2D eigenvalue weighted by atomic mass is 9.99. The zero-order valence-electron chi connectivity index (χ0n) is 14.1. The van der Waals surface area contributed by atoms with E-state index >= 15 is 0 Å². The number of hydrogen-bond donors (Lipinski definition) is 0. The maximum Gasteiger partial charge on any atom is 0.0949 e. The molecule has 5 heteroatoms. The number of aromatic nitrogens is 2. The Morgan fingerprint density at radius 1 is 1.18 bits per heavy atom. The summed E-state index contributed by atoms with van der Waals surface area (Å²) in [6, 6.07) is 0. The topological polar surface area (TPSA) is 33.5 Å². The van der Waals surface area contributed by atoms with Crippen LogP contribution in [0.2, 0.25) is 0 Å². The van der Waals surface area contributed by atoms with Crippen LogP contribution in [0.5, 0.6) is 0 Å². The third kappa shape index (κ3) is 3.70. The predicted octanol–water partition coefficient (Wildman–Crippen LogP) is 1.84. The second kappa shape index (κ2) is 7.57. The SMILES string of the molecule is CCOC[C@@H]1CN(CCN2CCCCC2)Cc2ncn(C)c21. The number of piperidine rings is 1. The van der Waals surface area contributed by atoms with Crippen LogP contribution in [-0.2, 0) is 18.3 Å². The molecule has 0 spiro atoms. The van der Waals surface area contributed by atoms with Crippen molar-refractivity contribution in [3.8, 4) is 0 Å². The quantitative estimate of drug-likeness (QED) is 0.803. The summed E-state index contributed by atoms with van der Waals surface area (Å²) in [6.45, 7) is 10.7. The van der Waals surface area contributed by atoms with E-state index in [-0.39, 0.29) is 0 Å². The van der Waals surface area contributed by atoms with Gasteiger partial charge >= 0.3 is 0 Å². The summed E-state index contributed by atoms with van der Waals surface area (Å²) >= 11 is 0. The van der Waals surface area contributed by atoms with Crippen molar-refractivity contribution in [2.75, 3.05) is 45.9 Å². The highest BCUT2D eigenvalue weighted by molar-refractivity contribution is 5.21. The summed E-state index contributed by atoms with van der Waals surface area (Å²) in [5.41, 5.74) is 2.62. The second-order valence-corrected chi connectivity index (χ2v) is 6.68. The Hall–Kier alpha value is -0.910. The number of nitrogens with zero attached hydrogens (tertiary/aromatic N) is 4. The molecule has 0 saturated carbocycles. The molecule has 1 atom stereocenters. The first-order valence-electron chi connectivity index (χ1n) is 8.80. The zero-order chi connectivity index (χ0) is 15.4. The van der Waals surface area contributed by atoms with E-state index in [4.69, 9.17) is 4.74 Å². The molecule has 124 valence electrons. The van der Waals surface area contributed by atoms with Gasteiger partial charge in [0.15, 0.2) is 0 Å². The fourth-order valence-electron chi connectivity index (χ4n) is 3.84. The average Bonchev–Trinajstić information content (AvgIpc) is 2.93. The molecule has 2 aliphatic heterocycles. The number of aryl methyl sites for hydroxylation is 1. The van der Waals surface area contributed by atoms with Crippen molar-refractivity contribution >= 4 is 0 Å². The number of hydrogen-bond acceptors (Lipinski definition) is 4. The van der Waals surface area contributed by atoms with Crippen LogP contribution in [0, 0.1) is 0 Å². The van der Waals surface area contributed by atoms with Crippen molar-refractivity contribution in [1.29, 1.82) is 0 Å². The van der Waals surface area contributed by atoms with Gasteiger partial charge in [0.05, 0.1) is 18.6 Å². The van der Waals surface area contributed by atoms with Crippen LogP contribution >= 0.6 is 0 Å². The molecule has 1 saturated heterocycles. The molecule has 0 unspecified atom stereocenters. The van der Waals surface area contributed by atoms with Gasteiger partial charge in [0.1, 0.15) is 0 Å². The second-order valence-electron chi connectivity index (χ2n) is 6.68. The van der Waals surface area contributed by atoms with Gasteiger partial charge in [0.2, 0.25) is 0 Å². The fourth-order valence-corrected chi connectivity index (χ4v) is 3.84. The summed E-state index contributed by atoms with van der Waals surface area (Å²) in [7, 11) is 2.11. The molecule has 3 rings (SSSR count). The van der Waals surface area contributed by atoms with Crippen LogP contribution in [0.25, 0.3) is 0 Å². The van der Waals surface area contributed by atoms with Gasteiger partial charge in [0, 0.05) is 51.4 Å². The molecule has 1 aromatic rings. The molecule has 0 radical (unpaired) electrons. The van der Waals surface area contributed by atoms with Gasteiger partial charge in [-0.3, -0.25) is 4.90 Å². The lowest BCUT2D eigenvalue weighted by Gasteiger charge is -2.35. The van der Waals surface area contributed by atoms with Gasteiger partial charge in [-0.05, 0) is 32.9 Å². The Labute approximate surface area is 134 Å². The number of ether oxygens (including phenoxy) is 1. The Morgan fingerprint density at radius 3 is 2.73 bits per heavy atom. The van der Waals surface area contributed by atoms with E-state index in [0.717, 1.165) is 32.8 Å². The number of imidazole rings is 1. The molecule has 0 amide bonds. The van der Waals surface area contributed by atoms with E-state index < -0.39 is 0 Å². The lowest BCUT2D eigenvalue weighted by Crippen LogP contribution is -2.42. The average molecular weight is 306 g/mol. The van der Waals surface area contributed by atoms with E-state index in [1.807, 2.05) is 6.33 Å². The highest BCUT2D eigenvalue weighted by Crippen LogP contribution is 2.27. The van der Waals surface area contributed by atoms with Gasteiger partial charge in [-0.15, -0.1) is 0 Å². The maximum absolute atomic E-state index is 5.72. The van der Waals surface area contributed by atoms with E-state index in [1.54, 1.807) is 0 Å². The summed E-state index contributed by atoms with van der Waals surface area (Å²) < 4.78 is 7.90. The zero-order valence-corrected chi connectivity index (χ0v) is 14.1. The van der Waals surface area contributed by atoms with Gasteiger partial charge < -0.3 is 14.2 Å². The molecule has 2 aliphatic rings. The van der Waals surface area contributed by atoms with Gasteiger partial charge in [0.25, 0.3) is 0 Å². The maximum atomic E-state index is 5.72. The third-order valence-corrected chi connectivity index (χ3v) is 5.01. The Morgan fingerprint density at radius 2 is 1.95 bits per heavy atom. The molecule has 0 aromatic carbocycles. The van der Waals surface area contributed by atoms with Crippen molar-refractivity contribution in [2.45, 2.75) is 38.6 Å². The molecular weight excluding hydrogens is 276 g/mol. The highest BCUT2D eigenvalue weighted by Gasteiger charge is 2.29. The van der Waals surface area contributed by atoms with Gasteiger partial charge in [-0.2, -0.15) is 0 Å². The third-order valence-electron chi connectivity index (χ3n) is 5.01. The van der Waals surface area contributed by atoms with Crippen molar-refractivity contribution in [2.24, 2.45) is 7.05 Å². The van der Waals surface area contributed by atoms with Crippen LogP contribution in [0.15, 0.2) is 6.33 Å². The first-order chi connectivity index (χ1) is 10.8. The Bertz CT molecular complexity index is 467. The van der Waals surface area contributed by atoms with Gasteiger partial charge in [-0.1, -0.05) is 6.42 Å². The molecule has 0 N–H and O–H groups in total. The van der Waals surface area contributed by atoms with E-state index in [0.29, 0.717) is 5.92 Å². The highest BCUT2D eigenvalue weighted by atomic mass is 16.5. The molecular formula is C17H30N4O. The summed E-state index contributed by atoms with van der Waals surface area (Å²) in [4.78, 5) is 9.79. The number of rotatable bonds is 6. The standard InChI is InChI=1S/C17H30N4O/c1-3-22-13-15-11-21(10-9-20-7-5-4-6-8-20)12-16-17(15)19(2)14-18-16/h14-15H,3-13H2,1-2H3/t15-/m0/s1. The van der Waals surface area contributed by atoms with Crippen molar-refractivity contribution in [3.05, 3.63) is 17.7 Å². The summed E-state index contributed by atoms with van der Waals surface area (Å²) in [6.07, 6.45) is 6.11. The Balaban J connectivity index is 1.59. The van der Waals surface area contributed by atoms with E-state index in [9.17, 15) is 0 Å². The Kier molecular flexibility index (Phi) is 5.50. The predicted molar refractivity (Wildman–Crippen MR) is 88.0 cm³/mol. The molecule has 5 nitrogen and oxygen atoms in total. The first kappa shape index (κ1) is 16.0. The largest absolute Gasteiger partial charge is 0.381 e. The van der Waals surface area contributed by atoms with Crippen LogP contribution < -0.4 is 0 Å². The minimum atomic E-state index is 0.456. The molecule has 1 fully saturated rings. The number of fused-ring (bicyclic) bond motifs is 1. The van der Waals surface area contributed by atoms with Crippen molar-refractivity contribution < 1.29 is 4.74 Å². The summed E-state index contributed by atoms with van der Waals surface area (Å²) in [5.74, 6) is 0.456. The van der Waals surface area contributed by atoms with Crippen LogP contribution in [0.4, 0.5) is 0 Å². The van der Waals surface area contributed by atoms with Gasteiger partial charge in [-0.25, -0.2) is 4.98 Å². The molecule has 22 heavy (non-hydrogen) atoms.